The number of nitrogens with one attached hydrogen (secondary N) is 1. The Hall–Kier alpha value is -2.08. The van der Waals surface area contributed by atoms with Crippen LogP contribution in [0.1, 0.15) is 6.42 Å². The predicted octanol–water partition coefficient (Wildman–Crippen LogP) is 1.27. The van der Waals surface area contributed by atoms with Gasteiger partial charge in [-0.2, -0.15) is 0 Å². The van der Waals surface area contributed by atoms with Crippen molar-refractivity contribution < 1.29 is 18.6 Å². The monoisotopic (exact) mass is 487 g/mol. The number of aromatic nitrogens is 4. The molecule has 3 aromatic rings. The van der Waals surface area contributed by atoms with Crippen molar-refractivity contribution in [2.45, 2.75) is 36.1 Å². The molecule has 1 aromatic carbocycles. The quantitative estimate of drug-likeness (QED) is 0.477. The fraction of sp³-hybridized carbons (Fsp3) is 0.316. The van der Waals surface area contributed by atoms with Crippen molar-refractivity contribution in [2.75, 3.05) is 0 Å². The van der Waals surface area contributed by atoms with Crippen LogP contribution >= 0.6 is 24.8 Å². The molecule has 9 nitrogen and oxygen atoms in total. The molecule has 1 fully saturated rings. The minimum absolute atomic E-state index is 0. The molecule has 4 rings (SSSR count). The van der Waals surface area contributed by atoms with Gasteiger partial charge in [-0.25, -0.2) is 13.1 Å². The maximum Gasteiger partial charge on any atom is 0.240 e. The Morgan fingerprint density at radius 3 is 2.48 bits per heavy atom. The van der Waals surface area contributed by atoms with Gasteiger partial charge >= 0.3 is 0 Å². The predicted molar refractivity (Wildman–Crippen MR) is 118 cm³/mol. The van der Waals surface area contributed by atoms with E-state index in [1.807, 2.05) is 6.07 Å². The first-order valence-electron chi connectivity index (χ1n) is 9.18. The average Bonchev–Trinajstić information content (AvgIpc) is 3.30. The number of sulfonamides is 1. The molecule has 0 spiro atoms. The molecule has 12 heteroatoms. The molecule has 0 saturated heterocycles. The highest BCUT2D eigenvalue weighted by molar-refractivity contribution is 7.89. The Kier molecular flexibility index (Phi) is 8.52. The van der Waals surface area contributed by atoms with Crippen LogP contribution in [0.2, 0.25) is 0 Å². The number of nitrogens with zero attached hydrogens (tertiary/aromatic N) is 4. The zero-order valence-electron chi connectivity index (χ0n) is 16.2. The first-order chi connectivity index (χ1) is 13.9. The zero-order chi connectivity index (χ0) is 20.4. The second-order valence-corrected chi connectivity index (χ2v) is 8.80. The molecule has 2 aromatic heterocycles. The van der Waals surface area contributed by atoms with Crippen molar-refractivity contribution >= 4 is 34.8 Å². The van der Waals surface area contributed by atoms with Crippen LogP contribution in [-0.4, -0.2) is 56.9 Å². The lowest BCUT2D eigenvalue weighted by atomic mass is 10.1. The van der Waals surface area contributed by atoms with E-state index in [9.17, 15) is 18.6 Å². The van der Waals surface area contributed by atoms with Gasteiger partial charge in [0.15, 0.2) is 0 Å². The fourth-order valence-electron chi connectivity index (χ4n) is 3.56. The molecular weight excluding hydrogens is 465 g/mol. The standard InChI is InChI=1S/C19H21N5O4S.2ClH/c25-18-14(11-24-12-17(21-23-24)13-5-4-8-20-10-13)9-16(19(18)26)22-29(27,28)15-6-2-1-3-7-15;;/h1-8,10,12,14,16,18-19,22,25-26H,9,11H2;2*1H/t14-,16-,18-,19+;;/m1../s1. The summed E-state index contributed by atoms with van der Waals surface area (Å²) in [4.78, 5) is 4.16. The van der Waals surface area contributed by atoms with Crippen LogP contribution in [0.15, 0.2) is 66.0 Å². The third kappa shape index (κ3) is 5.59. The molecule has 168 valence electrons. The molecule has 0 aliphatic heterocycles. The Bertz CT molecular complexity index is 1070. The molecule has 2 heterocycles. The Morgan fingerprint density at radius 1 is 1.06 bits per heavy atom. The van der Waals surface area contributed by atoms with Gasteiger partial charge in [-0.05, 0) is 30.7 Å². The molecule has 0 amide bonds. The molecule has 3 N–H and O–H groups in total. The third-order valence-corrected chi connectivity index (χ3v) is 6.59. The van der Waals surface area contributed by atoms with E-state index in [0.717, 1.165) is 5.56 Å². The van der Waals surface area contributed by atoms with Gasteiger partial charge in [0.2, 0.25) is 10.0 Å². The summed E-state index contributed by atoms with van der Waals surface area (Å²) in [7, 11) is -3.79. The van der Waals surface area contributed by atoms with Gasteiger partial charge in [0.25, 0.3) is 0 Å². The lowest BCUT2D eigenvalue weighted by Crippen LogP contribution is -2.43. The fourth-order valence-corrected chi connectivity index (χ4v) is 4.85. The lowest BCUT2D eigenvalue weighted by molar-refractivity contribution is 0.00972. The Morgan fingerprint density at radius 2 is 1.81 bits per heavy atom. The summed E-state index contributed by atoms with van der Waals surface area (Å²) in [6, 6.07) is 10.8. The van der Waals surface area contributed by atoms with Crippen LogP contribution in [0.5, 0.6) is 0 Å². The zero-order valence-corrected chi connectivity index (χ0v) is 18.7. The van der Waals surface area contributed by atoms with Gasteiger partial charge in [-0.3, -0.25) is 9.67 Å². The van der Waals surface area contributed by atoms with E-state index in [2.05, 4.69) is 20.0 Å². The van der Waals surface area contributed by atoms with Crippen LogP contribution in [0, 0.1) is 5.92 Å². The summed E-state index contributed by atoms with van der Waals surface area (Å²) < 4.78 is 29.1. The van der Waals surface area contributed by atoms with E-state index in [1.165, 1.54) is 12.1 Å². The van der Waals surface area contributed by atoms with Crippen LogP contribution in [-0.2, 0) is 16.6 Å². The normalized spacial score (nSPS) is 23.0. The summed E-state index contributed by atoms with van der Waals surface area (Å²) in [6.45, 7) is 0.301. The minimum atomic E-state index is -3.79. The number of rotatable bonds is 6. The highest BCUT2D eigenvalue weighted by atomic mass is 35.5. The van der Waals surface area contributed by atoms with E-state index in [0.29, 0.717) is 12.2 Å². The van der Waals surface area contributed by atoms with Crippen LogP contribution in [0.4, 0.5) is 0 Å². The first kappa shape index (κ1) is 25.2. The molecule has 1 aliphatic carbocycles. The van der Waals surface area contributed by atoms with Crippen molar-refractivity contribution in [3.05, 3.63) is 61.1 Å². The maximum absolute atomic E-state index is 12.5. The molecule has 31 heavy (non-hydrogen) atoms. The van der Waals surface area contributed by atoms with Gasteiger partial charge in [0.1, 0.15) is 5.69 Å². The number of hydrogen-bond donors (Lipinski definition) is 3. The minimum Gasteiger partial charge on any atom is -0.390 e. The van der Waals surface area contributed by atoms with E-state index >= 15 is 0 Å². The van der Waals surface area contributed by atoms with Gasteiger partial charge in [0, 0.05) is 30.4 Å². The highest BCUT2D eigenvalue weighted by Crippen LogP contribution is 2.29. The summed E-state index contributed by atoms with van der Waals surface area (Å²) in [5.41, 5.74) is 1.46. The van der Waals surface area contributed by atoms with Crippen molar-refractivity contribution in [1.82, 2.24) is 24.7 Å². The van der Waals surface area contributed by atoms with Crippen molar-refractivity contribution in [3.8, 4) is 11.3 Å². The van der Waals surface area contributed by atoms with E-state index in [-0.39, 0.29) is 42.0 Å². The second kappa shape index (κ2) is 10.5. The van der Waals surface area contributed by atoms with Crippen LogP contribution in [0.3, 0.4) is 0 Å². The average molecular weight is 488 g/mol. The Balaban J connectivity index is 0.00000171. The number of aliphatic hydroxyl groups is 2. The number of aliphatic hydroxyl groups excluding tert-OH is 2. The second-order valence-electron chi connectivity index (χ2n) is 7.09. The van der Waals surface area contributed by atoms with Gasteiger partial charge in [0.05, 0.1) is 29.3 Å². The Labute approximate surface area is 192 Å². The molecular formula is C19H23Cl2N5O4S. The molecule has 1 saturated carbocycles. The molecule has 0 bridgehead atoms. The summed E-state index contributed by atoms with van der Waals surface area (Å²) in [5.74, 6) is -0.378. The topological polar surface area (TPSA) is 130 Å². The van der Waals surface area contributed by atoms with Crippen LogP contribution in [0.25, 0.3) is 11.3 Å². The molecule has 4 atom stereocenters. The summed E-state index contributed by atoms with van der Waals surface area (Å²) in [5, 5.41) is 29.0. The molecule has 0 unspecified atom stereocenters. The summed E-state index contributed by atoms with van der Waals surface area (Å²) in [6.07, 6.45) is 3.07. The number of halogens is 2. The maximum atomic E-state index is 12.5. The third-order valence-electron chi connectivity index (χ3n) is 5.08. The first-order valence-corrected chi connectivity index (χ1v) is 10.7. The largest absolute Gasteiger partial charge is 0.390 e. The van der Waals surface area contributed by atoms with Gasteiger partial charge in [-0.15, -0.1) is 29.9 Å². The van der Waals surface area contributed by atoms with Crippen molar-refractivity contribution in [2.24, 2.45) is 5.92 Å². The number of pyridine rings is 1. The van der Waals surface area contributed by atoms with Gasteiger partial charge < -0.3 is 10.2 Å². The van der Waals surface area contributed by atoms with Crippen LogP contribution < -0.4 is 4.72 Å². The van der Waals surface area contributed by atoms with Gasteiger partial charge in [-0.1, -0.05) is 23.4 Å². The number of benzene rings is 1. The van der Waals surface area contributed by atoms with E-state index < -0.39 is 28.3 Å². The molecule has 1 aliphatic rings. The van der Waals surface area contributed by atoms with Crippen molar-refractivity contribution in [3.63, 3.8) is 0 Å². The summed E-state index contributed by atoms with van der Waals surface area (Å²) >= 11 is 0. The SMILES string of the molecule is Cl.Cl.O=S(=O)(N[C@@H]1C[C@H](Cn2cc(-c3cccnc3)nn2)[C@@H](O)[C@H]1O)c1ccccc1. The smallest absolute Gasteiger partial charge is 0.240 e. The van der Waals surface area contributed by atoms with Crippen molar-refractivity contribution in [1.29, 1.82) is 0 Å². The van der Waals surface area contributed by atoms with E-state index in [1.54, 1.807) is 47.5 Å². The number of hydrogen-bond acceptors (Lipinski definition) is 7. The highest BCUT2D eigenvalue weighted by Gasteiger charge is 2.43. The van der Waals surface area contributed by atoms with E-state index in [4.69, 9.17) is 0 Å². The lowest BCUT2D eigenvalue weighted by Gasteiger charge is -2.18. The molecule has 0 radical (unpaired) electrons.